The maximum Gasteiger partial charge on any atom is 0.263 e. The predicted octanol–water partition coefficient (Wildman–Crippen LogP) is 3.01. The molecule has 24 heavy (non-hydrogen) atoms. The van der Waals surface area contributed by atoms with E-state index in [1.807, 2.05) is 6.92 Å². The van der Waals surface area contributed by atoms with Gasteiger partial charge in [-0.05, 0) is 32.6 Å². The van der Waals surface area contributed by atoms with Gasteiger partial charge in [-0.25, -0.2) is 4.98 Å². The van der Waals surface area contributed by atoms with Crippen LogP contribution in [0.25, 0.3) is 0 Å². The van der Waals surface area contributed by atoms with Gasteiger partial charge in [0.15, 0.2) is 0 Å². The number of carbonyl (C=O) groups excluding carboxylic acids is 1. The molecule has 2 aromatic heterocycles. The number of amides is 1. The van der Waals surface area contributed by atoms with E-state index < -0.39 is 0 Å². The third-order valence-corrected chi connectivity index (χ3v) is 6.26. The molecule has 1 amide bonds. The van der Waals surface area contributed by atoms with Crippen molar-refractivity contribution < 1.29 is 4.79 Å². The molecule has 0 aromatic carbocycles. The summed E-state index contributed by atoms with van der Waals surface area (Å²) in [5.74, 6) is 1.52. The Morgan fingerprint density at radius 3 is 2.88 bits per heavy atom. The topological polar surface area (TPSA) is 72.7 Å². The molecule has 7 heteroatoms. The SMILES string of the molecule is Cc1nc(C2CCCC2)sc1C(=O)NCCc1nncn1C1CC1. The third-order valence-electron chi connectivity index (χ3n) is 4.95. The van der Waals surface area contributed by atoms with Gasteiger partial charge in [0.1, 0.15) is 17.0 Å². The number of aryl methyl sites for hydroxylation is 1. The van der Waals surface area contributed by atoms with Crippen molar-refractivity contribution in [3.63, 3.8) is 0 Å². The Hall–Kier alpha value is -1.76. The van der Waals surface area contributed by atoms with Gasteiger partial charge < -0.3 is 9.88 Å². The highest BCUT2D eigenvalue weighted by Crippen LogP contribution is 2.37. The van der Waals surface area contributed by atoms with Crippen molar-refractivity contribution in [3.8, 4) is 0 Å². The predicted molar refractivity (Wildman–Crippen MR) is 92.4 cm³/mol. The standard InChI is InChI=1S/C17H23N5OS/c1-11-15(24-17(20-11)12-4-2-3-5-12)16(23)18-9-8-14-21-19-10-22(14)13-6-7-13/h10,12-13H,2-9H2,1H3,(H,18,23). The van der Waals surface area contributed by atoms with Crippen LogP contribution in [0, 0.1) is 6.92 Å². The van der Waals surface area contributed by atoms with Crippen LogP contribution in [0.4, 0.5) is 0 Å². The number of nitrogens with one attached hydrogen (secondary N) is 1. The minimum Gasteiger partial charge on any atom is -0.351 e. The van der Waals surface area contributed by atoms with Crippen LogP contribution in [0.3, 0.4) is 0 Å². The Kier molecular flexibility index (Phi) is 4.35. The summed E-state index contributed by atoms with van der Waals surface area (Å²) < 4.78 is 2.14. The van der Waals surface area contributed by atoms with Gasteiger partial charge in [0, 0.05) is 24.9 Å². The van der Waals surface area contributed by atoms with Crippen molar-refractivity contribution in [2.75, 3.05) is 6.54 Å². The van der Waals surface area contributed by atoms with Gasteiger partial charge in [-0.15, -0.1) is 21.5 Å². The van der Waals surface area contributed by atoms with Crippen LogP contribution < -0.4 is 5.32 Å². The first-order valence-corrected chi connectivity index (χ1v) is 9.68. The zero-order valence-electron chi connectivity index (χ0n) is 14.0. The number of nitrogens with zero attached hydrogens (tertiary/aromatic N) is 4. The van der Waals surface area contributed by atoms with Crippen molar-refractivity contribution in [2.24, 2.45) is 0 Å². The van der Waals surface area contributed by atoms with E-state index >= 15 is 0 Å². The highest BCUT2D eigenvalue weighted by atomic mass is 32.1. The summed E-state index contributed by atoms with van der Waals surface area (Å²) in [7, 11) is 0. The van der Waals surface area contributed by atoms with Crippen LogP contribution in [0.2, 0.25) is 0 Å². The van der Waals surface area contributed by atoms with Crippen molar-refractivity contribution in [1.82, 2.24) is 25.1 Å². The summed E-state index contributed by atoms with van der Waals surface area (Å²) in [5.41, 5.74) is 0.862. The summed E-state index contributed by atoms with van der Waals surface area (Å²) in [4.78, 5) is 17.9. The first-order chi connectivity index (χ1) is 11.7. The van der Waals surface area contributed by atoms with Crippen LogP contribution in [0.15, 0.2) is 6.33 Å². The molecular formula is C17H23N5OS. The van der Waals surface area contributed by atoms with E-state index in [1.54, 1.807) is 17.7 Å². The minimum atomic E-state index is -0.00765. The van der Waals surface area contributed by atoms with Gasteiger partial charge in [0.2, 0.25) is 0 Å². The van der Waals surface area contributed by atoms with E-state index in [4.69, 9.17) is 0 Å². The first-order valence-electron chi connectivity index (χ1n) is 8.86. The van der Waals surface area contributed by atoms with E-state index in [1.165, 1.54) is 38.5 Å². The maximum atomic E-state index is 12.5. The second kappa shape index (κ2) is 6.63. The number of hydrogen-bond acceptors (Lipinski definition) is 5. The van der Waals surface area contributed by atoms with E-state index in [2.05, 4.69) is 25.1 Å². The molecule has 0 saturated heterocycles. The summed E-state index contributed by atoms with van der Waals surface area (Å²) in [6, 6.07) is 0.573. The molecule has 4 rings (SSSR count). The fraction of sp³-hybridized carbons (Fsp3) is 0.647. The molecule has 6 nitrogen and oxygen atoms in total. The second-order valence-corrected chi connectivity index (χ2v) is 7.87. The molecule has 2 aromatic rings. The zero-order valence-corrected chi connectivity index (χ0v) is 14.8. The molecular weight excluding hydrogens is 322 g/mol. The number of carbonyl (C=O) groups is 1. The summed E-state index contributed by atoms with van der Waals surface area (Å²) in [5, 5.41) is 12.3. The Morgan fingerprint density at radius 2 is 2.12 bits per heavy atom. The lowest BCUT2D eigenvalue weighted by Gasteiger charge is -2.06. The number of hydrogen-bond donors (Lipinski definition) is 1. The molecule has 0 bridgehead atoms. The Labute approximate surface area is 145 Å². The van der Waals surface area contributed by atoms with Crippen molar-refractivity contribution in [2.45, 2.75) is 63.8 Å². The number of rotatable bonds is 6. The van der Waals surface area contributed by atoms with Crippen LogP contribution in [-0.2, 0) is 6.42 Å². The fourth-order valence-corrected chi connectivity index (χ4v) is 4.60. The number of aromatic nitrogens is 4. The van der Waals surface area contributed by atoms with Gasteiger partial charge in [-0.3, -0.25) is 4.79 Å². The molecule has 2 saturated carbocycles. The zero-order chi connectivity index (χ0) is 16.5. The quantitative estimate of drug-likeness (QED) is 0.873. The Bertz CT molecular complexity index is 727. The van der Waals surface area contributed by atoms with Gasteiger partial charge in [-0.2, -0.15) is 0 Å². The second-order valence-electron chi connectivity index (χ2n) is 6.84. The average Bonchev–Trinajstić information content (AvgIpc) is 3.00. The van der Waals surface area contributed by atoms with Crippen molar-refractivity contribution in [1.29, 1.82) is 0 Å². The molecule has 2 aliphatic rings. The molecule has 2 fully saturated rings. The molecule has 1 N–H and O–H groups in total. The third kappa shape index (κ3) is 3.22. The molecule has 0 radical (unpaired) electrons. The monoisotopic (exact) mass is 345 g/mol. The summed E-state index contributed by atoms with van der Waals surface area (Å²) in [6.07, 6.45) is 9.93. The van der Waals surface area contributed by atoms with Crippen LogP contribution >= 0.6 is 11.3 Å². The highest BCUT2D eigenvalue weighted by molar-refractivity contribution is 7.13. The van der Waals surface area contributed by atoms with E-state index in [-0.39, 0.29) is 5.91 Å². The van der Waals surface area contributed by atoms with Gasteiger partial charge >= 0.3 is 0 Å². The molecule has 0 aliphatic heterocycles. The number of thiazole rings is 1. The smallest absolute Gasteiger partial charge is 0.263 e. The van der Waals surface area contributed by atoms with Crippen LogP contribution in [0.5, 0.6) is 0 Å². The molecule has 2 heterocycles. The fourth-order valence-electron chi connectivity index (χ4n) is 3.45. The highest BCUT2D eigenvalue weighted by Gasteiger charge is 2.26. The molecule has 2 aliphatic carbocycles. The lowest BCUT2D eigenvalue weighted by molar-refractivity contribution is 0.0957. The van der Waals surface area contributed by atoms with Gasteiger partial charge in [-0.1, -0.05) is 12.8 Å². The lowest BCUT2D eigenvalue weighted by atomic mass is 10.1. The first kappa shape index (κ1) is 15.7. The minimum absolute atomic E-state index is 0.00765. The average molecular weight is 345 g/mol. The normalized spacial score (nSPS) is 18.2. The largest absolute Gasteiger partial charge is 0.351 e. The van der Waals surface area contributed by atoms with E-state index in [0.29, 0.717) is 18.5 Å². The Morgan fingerprint density at radius 1 is 1.33 bits per heavy atom. The van der Waals surface area contributed by atoms with Crippen LogP contribution in [-0.4, -0.2) is 32.2 Å². The Balaban J connectivity index is 1.35. The molecule has 0 unspecified atom stereocenters. The van der Waals surface area contributed by atoms with Crippen molar-refractivity contribution in [3.05, 3.63) is 27.7 Å². The lowest BCUT2D eigenvalue weighted by Crippen LogP contribution is -2.26. The van der Waals surface area contributed by atoms with E-state index in [9.17, 15) is 4.79 Å². The maximum absolute atomic E-state index is 12.5. The van der Waals surface area contributed by atoms with E-state index in [0.717, 1.165) is 27.8 Å². The molecule has 0 atom stereocenters. The summed E-state index contributed by atoms with van der Waals surface area (Å²) >= 11 is 1.57. The summed E-state index contributed by atoms with van der Waals surface area (Å²) in [6.45, 7) is 2.52. The van der Waals surface area contributed by atoms with Crippen LogP contribution in [0.1, 0.15) is 76.7 Å². The van der Waals surface area contributed by atoms with Gasteiger partial charge in [0.05, 0.1) is 10.7 Å². The molecule has 0 spiro atoms. The molecule has 128 valence electrons. The van der Waals surface area contributed by atoms with Crippen molar-refractivity contribution >= 4 is 17.2 Å². The van der Waals surface area contributed by atoms with Gasteiger partial charge in [0.25, 0.3) is 5.91 Å².